The van der Waals surface area contributed by atoms with Gasteiger partial charge < -0.3 is 10.1 Å². The Morgan fingerprint density at radius 1 is 1.16 bits per heavy atom. The van der Waals surface area contributed by atoms with E-state index in [0.717, 1.165) is 5.46 Å². The third kappa shape index (κ3) is 5.52. The lowest BCUT2D eigenvalue weighted by molar-refractivity contribution is -0.383. The number of rotatable bonds is 4. The second kappa shape index (κ2) is 7.25. The lowest BCUT2D eigenvalue weighted by Gasteiger charge is -2.19. The monoisotopic (exact) mass is 341 g/mol. The van der Waals surface area contributed by atoms with E-state index in [-0.39, 0.29) is 5.69 Å². The molecule has 0 spiro atoms. The minimum Gasteiger partial charge on any atom is -0.444 e. The van der Waals surface area contributed by atoms with Crippen LogP contribution in [-0.4, -0.2) is 24.5 Å². The van der Waals surface area contributed by atoms with Crippen LogP contribution in [0.1, 0.15) is 20.8 Å². The number of nitrogens with zero attached hydrogens (tertiary/aromatic N) is 1. The molecule has 0 saturated carbocycles. The van der Waals surface area contributed by atoms with Crippen LogP contribution >= 0.6 is 0 Å². The number of nitrogens with one attached hydrogen (secondary N) is 2. The van der Waals surface area contributed by atoms with Crippen LogP contribution < -0.4 is 16.1 Å². The third-order valence-corrected chi connectivity index (χ3v) is 3.14. The molecule has 2 aromatic rings. The molecule has 7 nitrogen and oxygen atoms in total. The van der Waals surface area contributed by atoms with Crippen LogP contribution in [0.4, 0.5) is 27.5 Å². The highest BCUT2D eigenvalue weighted by molar-refractivity contribution is 6.32. The fourth-order valence-electron chi connectivity index (χ4n) is 2.15. The summed E-state index contributed by atoms with van der Waals surface area (Å²) in [5.41, 5.74) is 1.71. The van der Waals surface area contributed by atoms with Crippen LogP contribution in [0.5, 0.6) is 0 Å². The van der Waals surface area contributed by atoms with Crippen molar-refractivity contribution >= 4 is 42.2 Å². The molecule has 0 fully saturated rings. The quantitative estimate of drug-likeness (QED) is 0.507. The van der Waals surface area contributed by atoms with Crippen LogP contribution in [0.15, 0.2) is 42.5 Å². The second-order valence-electron chi connectivity index (χ2n) is 6.61. The number of ether oxygens (including phenoxy) is 1. The van der Waals surface area contributed by atoms with Crippen molar-refractivity contribution in [3.05, 3.63) is 52.6 Å². The van der Waals surface area contributed by atoms with Gasteiger partial charge in [-0.25, -0.2) is 4.79 Å². The van der Waals surface area contributed by atoms with E-state index in [4.69, 9.17) is 4.74 Å². The van der Waals surface area contributed by atoms with Crippen molar-refractivity contribution in [1.82, 2.24) is 0 Å². The second-order valence-corrected chi connectivity index (χ2v) is 6.61. The van der Waals surface area contributed by atoms with Gasteiger partial charge in [-0.2, -0.15) is 0 Å². The number of nitro groups is 1. The lowest BCUT2D eigenvalue weighted by Crippen LogP contribution is -2.27. The third-order valence-electron chi connectivity index (χ3n) is 3.14. The first-order valence-corrected chi connectivity index (χ1v) is 7.76. The Morgan fingerprint density at radius 3 is 2.48 bits per heavy atom. The highest BCUT2D eigenvalue weighted by Crippen LogP contribution is 2.27. The van der Waals surface area contributed by atoms with Gasteiger partial charge in [0.25, 0.3) is 5.69 Å². The summed E-state index contributed by atoms with van der Waals surface area (Å²) < 4.78 is 5.20. The molecule has 25 heavy (non-hydrogen) atoms. The van der Waals surface area contributed by atoms with E-state index >= 15 is 0 Å². The molecule has 2 N–H and O–H groups in total. The largest absolute Gasteiger partial charge is 0.444 e. The Kier molecular flexibility index (Phi) is 5.31. The van der Waals surface area contributed by atoms with Gasteiger partial charge in [0.2, 0.25) is 0 Å². The smallest absolute Gasteiger partial charge is 0.412 e. The molecular formula is C17H20BN3O4. The molecule has 0 bridgehead atoms. The van der Waals surface area contributed by atoms with E-state index < -0.39 is 16.6 Å². The Labute approximate surface area is 146 Å². The van der Waals surface area contributed by atoms with Crippen molar-refractivity contribution in [3.63, 3.8) is 0 Å². The molecule has 2 rings (SSSR count). The van der Waals surface area contributed by atoms with Crippen molar-refractivity contribution < 1.29 is 14.5 Å². The molecule has 0 heterocycles. The molecule has 0 aromatic heterocycles. The fraction of sp³-hybridized carbons (Fsp3) is 0.235. The summed E-state index contributed by atoms with van der Waals surface area (Å²) in [6.07, 6.45) is -0.564. The minimum atomic E-state index is -0.595. The maximum absolute atomic E-state index is 11.8. The van der Waals surface area contributed by atoms with Crippen LogP contribution in [0.3, 0.4) is 0 Å². The van der Waals surface area contributed by atoms with E-state index in [1.165, 1.54) is 6.07 Å². The Bertz CT molecular complexity index is 803. The van der Waals surface area contributed by atoms with Crippen LogP contribution in [0.2, 0.25) is 0 Å². The number of amides is 1. The van der Waals surface area contributed by atoms with E-state index in [0.29, 0.717) is 17.1 Å². The molecule has 0 saturated heterocycles. The standard InChI is InChI=1S/C17H20BN3O4/c1-17(2,3)25-16(22)20-13-6-4-5-12(10-13)19-14-8-7-11(18)9-15(14)21(23)24/h4-10,19H,18H2,1-3H3,(H,20,22). The predicted molar refractivity (Wildman–Crippen MR) is 101 cm³/mol. The highest BCUT2D eigenvalue weighted by atomic mass is 16.6. The van der Waals surface area contributed by atoms with Crippen molar-refractivity contribution in [2.24, 2.45) is 0 Å². The van der Waals surface area contributed by atoms with Gasteiger partial charge in [0.1, 0.15) is 19.1 Å². The SMILES string of the molecule is Bc1ccc(Nc2cccc(NC(=O)OC(C)(C)C)c2)c([N+](=O)[O-])c1. The molecule has 1 amide bonds. The molecule has 0 aliphatic heterocycles. The fourth-order valence-corrected chi connectivity index (χ4v) is 2.15. The van der Waals surface area contributed by atoms with Gasteiger partial charge in [-0.05, 0) is 45.0 Å². The first kappa shape index (κ1) is 18.3. The summed E-state index contributed by atoms with van der Waals surface area (Å²) in [5.74, 6) is 0. The Hall–Kier alpha value is -3.03. The van der Waals surface area contributed by atoms with Gasteiger partial charge in [0, 0.05) is 17.4 Å². The average Bonchev–Trinajstić information content (AvgIpc) is 2.47. The van der Waals surface area contributed by atoms with Gasteiger partial charge in [0.15, 0.2) is 0 Å². The number of hydrogen-bond acceptors (Lipinski definition) is 5. The average molecular weight is 341 g/mol. The Balaban J connectivity index is 2.17. The molecule has 0 aliphatic rings. The molecule has 0 aliphatic carbocycles. The van der Waals surface area contributed by atoms with Crippen molar-refractivity contribution in [3.8, 4) is 0 Å². The van der Waals surface area contributed by atoms with E-state index in [9.17, 15) is 14.9 Å². The van der Waals surface area contributed by atoms with E-state index in [1.807, 2.05) is 0 Å². The Morgan fingerprint density at radius 2 is 1.84 bits per heavy atom. The van der Waals surface area contributed by atoms with Gasteiger partial charge in [-0.3, -0.25) is 15.4 Å². The van der Waals surface area contributed by atoms with Crippen LogP contribution in [0.25, 0.3) is 0 Å². The van der Waals surface area contributed by atoms with Crippen molar-refractivity contribution in [1.29, 1.82) is 0 Å². The summed E-state index contributed by atoms with van der Waals surface area (Å²) in [7, 11) is 1.79. The highest BCUT2D eigenvalue weighted by Gasteiger charge is 2.17. The molecule has 0 atom stereocenters. The molecular weight excluding hydrogens is 321 g/mol. The summed E-state index contributed by atoms with van der Waals surface area (Å²) in [6.45, 7) is 5.34. The minimum absolute atomic E-state index is 0.00879. The normalized spacial score (nSPS) is 10.8. The molecule has 0 unspecified atom stereocenters. The van der Waals surface area contributed by atoms with Gasteiger partial charge in [0.05, 0.1) is 4.92 Å². The molecule has 2 aromatic carbocycles. The van der Waals surface area contributed by atoms with Crippen molar-refractivity contribution in [2.75, 3.05) is 10.6 Å². The van der Waals surface area contributed by atoms with Crippen LogP contribution in [0, 0.1) is 10.1 Å². The summed E-state index contributed by atoms with van der Waals surface area (Å²) >= 11 is 0. The summed E-state index contributed by atoms with van der Waals surface area (Å²) in [5, 5.41) is 16.8. The first-order valence-electron chi connectivity index (χ1n) is 7.76. The summed E-state index contributed by atoms with van der Waals surface area (Å²) in [4.78, 5) is 22.6. The number of carbonyl (C=O) groups is 1. The summed E-state index contributed by atoms with van der Waals surface area (Å²) in [6, 6.07) is 11.8. The maximum Gasteiger partial charge on any atom is 0.412 e. The first-order chi connectivity index (χ1) is 11.6. The number of benzene rings is 2. The zero-order valence-electron chi connectivity index (χ0n) is 14.6. The number of anilines is 3. The van der Waals surface area contributed by atoms with Gasteiger partial charge in [-0.1, -0.05) is 17.6 Å². The van der Waals surface area contributed by atoms with Crippen LogP contribution in [-0.2, 0) is 4.74 Å². The maximum atomic E-state index is 11.8. The molecule has 8 heteroatoms. The van der Waals surface area contributed by atoms with Crippen molar-refractivity contribution in [2.45, 2.75) is 26.4 Å². The number of nitro benzene ring substituents is 1. The van der Waals surface area contributed by atoms with E-state index in [1.54, 1.807) is 65.0 Å². The van der Waals surface area contributed by atoms with Gasteiger partial charge in [-0.15, -0.1) is 0 Å². The molecule has 0 radical (unpaired) electrons. The number of hydrogen-bond donors (Lipinski definition) is 2. The lowest BCUT2D eigenvalue weighted by atomic mass is 9.95. The number of carbonyl (C=O) groups excluding carboxylic acids is 1. The topological polar surface area (TPSA) is 93.5 Å². The van der Waals surface area contributed by atoms with E-state index in [2.05, 4.69) is 10.6 Å². The zero-order chi connectivity index (χ0) is 18.6. The molecule has 130 valence electrons. The van der Waals surface area contributed by atoms with Gasteiger partial charge >= 0.3 is 6.09 Å². The zero-order valence-corrected chi connectivity index (χ0v) is 14.6. The predicted octanol–water partition coefficient (Wildman–Crippen LogP) is 2.94.